The molecule has 0 aliphatic carbocycles. The summed E-state index contributed by atoms with van der Waals surface area (Å²) >= 11 is 0. The Bertz CT molecular complexity index is 1810. The average molecular weight is 571 g/mol. The maximum absolute atomic E-state index is 16.6. The van der Waals surface area contributed by atoms with Crippen LogP contribution in [0.25, 0.3) is 32.9 Å². The van der Waals surface area contributed by atoms with E-state index in [-0.39, 0.29) is 46.3 Å². The highest BCUT2D eigenvalue weighted by Crippen LogP contribution is 2.40. The summed E-state index contributed by atoms with van der Waals surface area (Å²) in [5.41, 5.74) is 6.78. The number of hydrogen-bond acceptors (Lipinski definition) is 7. The van der Waals surface area contributed by atoms with Crippen molar-refractivity contribution < 1.29 is 18.3 Å². The molecule has 2 unspecified atom stereocenters. The number of amides is 1. The number of rotatable bonds is 2. The van der Waals surface area contributed by atoms with Crippen LogP contribution in [0.4, 0.5) is 25.2 Å². The molecule has 42 heavy (non-hydrogen) atoms. The van der Waals surface area contributed by atoms with Gasteiger partial charge in [-0.2, -0.15) is 0 Å². The topological polar surface area (TPSA) is 97.5 Å². The molecule has 0 spiro atoms. The van der Waals surface area contributed by atoms with Gasteiger partial charge in [-0.15, -0.1) is 6.42 Å². The minimum Gasteiger partial charge on any atom is -0.444 e. The summed E-state index contributed by atoms with van der Waals surface area (Å²) in [5, 5.41) is 1.70. The van der Waals surface area contributed by atoms with Crippen molar-refractivity contribution in [2.24, 2.45) is 0 Å². The summed E-state index contributed by atoms with van der Waals surface area (Å²) in [6.45, 7) is 10.3. The first-order valence-corrected chi connectivity index (χ1v) is 13.9. The van der Waals surface area contributed by atoms with E-state index in [9.17, 15) is 9.18 Å². The molecule has 8 nitrogen and oxygen atoms in total. The van der Waals surface area contributed by atoms with Crippen molar-refractivity contribution >= 4 is 39.3 Å². The van der Waals surface area contributed by atoms with Gasteiger partial charge in [-0.1, -0.05) is 12.0 Å². The zero-order chi connectivity index (χ0) is 30.1. The number of anilines is 2. The summed E-state index contributed by atoms with van der Waals surface area (Å²) in [4.78, 5) is 30.7. The van der Waals surface area contributed by atoms with Crippen LogP contribution in [-0.2, 0) is 4.74 Å². The molecule has 0 saturated carbocycles. The molecular formula is C32H32F2N6O2. The molecule has 2 fully saturated rings. The third-order valence-electron chi connectivity index (χ3n) is 8.17. The summed E-state index contributed by atoms with van der Waals surface area (Å²) < 4.78 is 37.0. The number of ether oxygens (including phenoxy) is 1. The molecule has 2 aliphatic rings. The number of benzene rings is 1. The van der Waals surface area contributed by atoms with Crippen molar-refractivity contribution in [2.45, 2.75) is 65.1 Å². The third kappa shape index (κ3) is 4.44. The first-order chi connectivity index (χ1) is 19.9. The number of aryl methyl sites for hydroxylation is 2. The lowest BCUT2D eigenvalue weighted by Crippen LogP contribution is -2.57. The number of carbonyl (C=O) groups excluding carboxylic acids is 1. The fourth-order valence-electron chi connectivity index (χ4n) is 6.26. The lowest BCUT2D eigenvalue weighted by atomic mass is 9.98. The van der Waals surface area contributed by atoms with Crippen LogP contribution in [0.1, 0.15) is 50.4 Å². The number of nitrogen functional groups attached to an aromatic ring is 1. The lowest BCUT2D eigenvalue weighted by molar-refractivity contribution is 0.0123. The maximum atomic E-state index is 16.6. The standard InChI is InChI=1S/C32H32F2N6O2/c1-7-21-23(33)11-8-18-12-24(35)38-28(26(18)21)29-27(34)25-16(2)17(3)37-30(22(25)13-36-29)39-14-19-9-10-20(15-39)40(19)31(41)42-32(4,5)6/h1,8,11-13,19-20H,9-10,14-15H2,2-6H3,(H2,35,38). The van der Waals surface area contributed by atoms with Gasteiger partial charge in [-0.25, -0.2) is 23.5 Å². The minimum atomic E-state index is -0.613. The van der Waals surface area contributed by atoms with Gasteiger partial charge in [0.1, 0.15) is 34.4 Å². The Labute approximate surface area is 242 Å². The fourth-order valence-corrected chi connectivity index (χ4v) is 6.26. The predicted octanol–water partition coefficient (Wildman–Crippen LogP) is 5.89. The Kier molecular flexibility index (Phi) is 6.44. The number of nitrogens with zero attached hydrogens (tertiary/aromatic N) is 5. The second-order valence-electron chi connectivity index (χ2n) is 12.1. The van der Waals surface area contributed by atoms with Crippen LogP contribution >= 0.6 is 0 Å². The van der Waals surface area contributed by atoms with Gasteiger partial charge in [0.05, 0.1) is 17.6 Å². The van der Waals surface area contributed by atoms with Crippen LogP contribution in [0.5, 0.6) is 0 Å². The van der Waals surface area contributed by atoms with E-state index in [2.05, 4.69) is 20.8 Å². The number of fused-ring (bicyclic) bond motifs is 4. The maximum Gasteiger partial charge on any atom is 0.410 e. The van der Waals surface area contributed by atoms with Gasteiger partial charge in [0.15, 0.2) is 5.82 Å². The summed E-state index contributed by atoms with van der Waals surface area (Å²) in [5.74, 6) is 1.89. The summed E-state index contributed by atoms with van der Waals surface area (Å²) in [6.07, 6.45) is 8.62. The zero-order valence-electron chi connectivity index (χ0n) is 24.3. The van der Waals surface area contributed by atoms with Gasteiger partial charge < -0.3 is 15.4 Å². The number of hydrogen-bond donors (Lipinski definition) is 1. The highest BCUT2D eigenvalue weighted by molar-refractivity contribution is 6.03. The molecular weight excluding hydrogens is 538 g/mol. The largest absolute Gasteiger partial charge is 0.444 e. The van der Waals surface area contributed by atoms with E-state index in [0.29, 0.717) is 46.3 Å². The monoisotopic (exact) mass is 570 g/mol. The van der Waals surface area contributed by atoms with Gasteiger partial charge in [-0.3, -0.25) is 9.88 Å². The molecule has 2 aliphatic heterocycles. The van der Waals surface area contributed by atoms with Gasteiger partial charge in [0, 0.05) is 41.1 Å². The first-order valence-electron chi connectivity index (χ1n) is 13.9. The molecule has 2 atom stereocenters. The van der Waals surface area contributed by atoms with Crippen molar-refractivity contribution in [1.29, 1.82) is 0 Å². The van der Waals surface area contributed by atoms with Gasteiger partial charge in [0.2, 0.25) is 0 Å². The molecule has 2 bridgehead atoms. The molecule has 5 heterocycles. The van der Waals surface area contributed by atoms with E-state index in [1.54, 1.807) is 12.3 Å². The van der Waals surface area contributed by atoms with Crippen molar-refractivity contribution in [3.05, 3.63) is 52.9 Å². The number of carbonyl (C=O) groups is 1. The van der Waals surface area contributed by atoms with E-state index < -0.39 is 17.2 Å². The SMILES string of the molecule is C#Cc1c(F)ccc2cc(N)nc(-c3ncc4c(N5CC6CCC(C5)N6C(=O)OC(C)(C)C)nc(C)c(C)c4c3F)c12. The van der Waals surface area contributed by atoms with Crippen LogP contribution in [-0.4, -0.2) is 56.7 Å². The molecule has 216 valence electrons. The Morgan fingerprint density at radius 1 is 1.10 bits per heavy atom. The summed E-state index contributed by atoms with van der Waals surface area (Å²) in [6, 6.07) is 4.27. The molecule has 6 rings (SSSR count). The smallest absolute Gasteiger partial charge is 0.410 e. The number of aromatic nitrogens is 3. The predicted molar refractivity (Wildman–Crippen MR) is 159 cm³/mol. The van der Waals surface area contributed by atoms with Gasteiger partial charge in [-0.05, 0) is 70.5 Å². The molecule has 2 saturated heterocycles. The molecule has 10 heteroatoms. The molecule has 2 N–H and O–H groups in total. The van der Waals surface area contributed by atoms with Crippen LogP contribution in [0, 0.1) is 37.8 Å². The Balaban J connectivity index is 1.47. The Hall–Kier alpha value is -4.52. The molecule has 4 aromatic rings. The Morgan fingerprint density at radius 2 is 1.79 bits per heavy atom. The van der Waals surface area contributed by atoms with E-state index in [4.69, 9.17) is 21.9 Å². The highest BCUT2D eigenvalue weighted by atomic mass is 19.1. The highest BCUT2D eigenvalue weighted by Gasteiger charge is 2.45. The normalized spacial score (nSPS) is 18.5. The number of halogens is 2. The molecule has 0 radical (unpaired) electrons. The van der Waals surface area contributed by atoms with Crippen molar-refractivity contribution in [2.75, 3.05) is 23.7 Å². The minimum absolute atomic E-state index is 0.0297. The van der Waals surface area contributed by atoms with Crippen LogP contribution < -0.4 is 10.6 Å². The van der Waals surface area contributed by atoms with Crippen molar-refractivity contribution in [3.8, 4) is 23.7 Å². The third-order valence-corrected chi connectivity index (χ3v) is 8.17. The Morgan fingerprint density at radius 3 is 2.43 bits per heavy atom. The quantitative estimate of drug-likeness (QED) is 0.300. The van der Waals surface area contributed by atoms with Crippen LogP contribution in [0.3, 0.4) is 0 Å². The lowest BCUT2D eigenvalue weighted by Gasteiger charge is -2.42. The van der Waals surface area contributed by atoms with Crippen LogP contribution in [0.2, 0.25) is 0 Å². The van der Waals surface area contributed by atoms with Gasteiger partial charge in [0.25, 0.3) is 0 Å². The number of pyridine rings is 3. The average Bonchev–Trinajstić information content (AvgIpc) is 3.19. The van der Waals surface area contributed by atoms with Crippen molar-refractivity contribution in [1.82, 2.24) is 19.9 Å². The zero-order valence-corrected chi connectivity index (χ0v) is 24.3. The van der Waals surface area contributed by atoms with E-state index in [0.717, 1.165) is 12.8 Å². The van der Waals surface area contributed by atoms with Gasteiger partial charge >= 0.3 is 6.09 Å². The number of piperazine rings is 1. The second-order valence-corrected chi connectivity index (χ2v) is 12.1. The first kappa shape index (κ1) is 27.6. The number of nitrogens with two attached hydrogens (primary N) is 1. The molecule has 3 aromatic heterocycles. The molecule has 1 amide bonds. The van der Waals surface area contributed by atoms with E-state index >= 15 is 4.39 Å². The number of terminal acetylenes is 1. The fraction of sp³-hybridized carbons (Fsp3) is 0.375. The van der Waals surface area contributed by atoms with Crippen LogP contribution in [0.15, 0.2) is 24.4 Å². The van der Waals surface area contributed by atoms with E-state index in [1.807, 2.05) is 39.5 Å². The van der Waals surface area contributed by atoms with E-state index in [1.165, 1.54) is 12.1 Å². The summed E-state index contributed by atoms with van der Waals surface area (Å²) in [7, 11) is 0. The van der Waals surface area contributed by atoms with Crippen molar-refractivity contribution in [3.63, 3.8) is 0 Å². The molecule has 1 aromatic carbocycles. The second kappa shape index (κ2) is 9.79.